The Kier molecular flexibility index (Phi) is 4.37. The second kappa shape index (κ2) is 6.53. The van der Waals surface area contributed by atoms with Crippen LogP contribution in [0.5, 0.6) is 0 Å². The lowest BCUT2D eigenvalue weighted by Gasteiger charge is -2.36. The van der Waals surface area contributed by atoms with Gasteiger partial charge in [0.15, 0.2) is 0 Å². The van der Waals surface area contributed by atoms with E-state index >= 15 is 0 Å². The number of aromatic nitrogens is 3. The molecule has 4 rings (SSSR count). The predicted octanol–water partition coefficient (Wildman–Crippen LogP) is 3.40. The number of fused-ring (bicyclic) bond motifs is 3. The molecule has 7 heteroatoms. The second-order valence-electron chi connectivity index (χ2n) is 6.87. The van der Waals surface area contributed by atoms with Crippen LogP contribution in [-0.2, 0) is 0 Å². The minimum atomic E-state index is -0.228. The van der Waals surface area contributed by atoms with Crippen molar-refractivity contribution in [1.82, 2.24) is 24.8 Å². The molecule has 1 aromatic heterocycles. The van der Waals surface area contributed by atoms with Gasteiger partial charge in [-0.05, 0) is 59.1 Å². The van der Waals surface area contributed by atoms with Crippen molar-refractivity contribution in [3.05, 3.63) is 40.3 Å². The summed E-state index contributed by atoms with van der Waals surface area (Å²) < 4.78 is 16.5. The molecule has 1 fully saturated rings. The lowest BCUT2D eigenvalue weighted by atomic mass is 9.90. The van der Waals surface area contributed by atoms with Crippen LogP contribution in [0.3, 0.4) is 0 Å². The van der Waals surface area contributed by atoms with E-state index < -0.39 is 0 Å². The summed E-state index contributed by atoms with van der Waals surface area (Å²) in [4.78, 5) is 4.70. The number of benzene rings is 1. The van der Waals surface area contributed by atoms with Crippen LogP contribution in [-0.4, -0.2) is 58.0 Å². The van der Waals surface area contributed by atoms with Crippen molar-refractivity contribution in [2.75, 3.05) is 33.2 Å². The maximum Gasteiger partial charge on any atom is 0.137 e. The Morgan fingerprint density at radius 3 is 2.72 bits per heavy atom. The molecule has 0 radical (unpaired) electrons. The predicted molar refractivity (Wildman–Crippen MR) is 99.5 cm³/mol. The SMILES string of the molecule is CC1CC=C(N2CCN(C)CC2)n2nncc2-c2cc(Br)c(F)cc21. The fourth-order valence-corrected chi connectivity index (χ4v) is 3.92. The van der Waals surface area contributed by atoms with E-state index in [4.69, 9.17) is 0 Å². The van der Waals surface area contributed by atoms with E-state index in [0.29, 0.717) is 4.47 Å². The standard InChI is InChI=1S/C18H21BrFN5/c1-12-3-4-18(24-7-5-23(2)6-8-24)25-17(11-21-22-25)14-9-15(19)16(20)10-13(12)14/h4,9-12H,3,5-8H2,1-2H3. The summed E-state index contributed by atoms with van der Waals surface area (Å²) in [6.45, 7) is 6.14. The molecule has 1 aromatic carbocycles. The third-order valence-electron chi connectivity index (χ3n) is 5.15. The lowest BCUT2D eigenvalue weighted by Crippen LogP contribution is -2.44. The zero-order valence-corrected chi connectivity index (χ0v) is 16.0. The van der Waals surface area contributed by atoms with Crippen molar-refractivity contribution >= 4 is 21.8 Å². The third kappa shape index (κ3) is 3.00. The van der Waals surface area contributed by atoms with Crippen LogP contribution < -0.4 is 0 Å². The van der Waals surface area contributed by atoms with Crippen molar-refractivity contribution in [2.45, 2.75) is 19.3 Å². The Morgan fingerprint density at radius 2 is 1.96 bits per heavy atom. The highest BCUT2D eigenvalue weighted by Gasteiger charge is 2.25. The van der Waals surface area contributed by atoms with E-state index in [1.165, 1.54) is 0 Å². The number of likely N-dealkylation sites (N-methyl/N-ethyl adjacent to an activating group) is 1. The zero-order valence-electron chi connectivity index (χ0n) is 14.4. The molecule has 1 unspecified atom stereocenters. The van der Waals surface area contributed by atoms with E-state index in [1.54, 1.807) is 12.3 Å². The Bertz CT molecular complexity index is 823. The van der Waals surface area contributed by atoms with Crippen LogP contribution in [0.1, 0.15) is 24.8 Å². The fourth-order valence-electron chi connectivity index (χ4n) is 3.57. The summed E-state index contributed by atoms with van der Waals surface area (Å²) in [5.41, 5.74) is 2.90. The molecule has 2 aliphatic heterocycles. The Labute approximate surface area is 155 Å². The summed E-state index contributed by atoms with van der Waals surface area (Å²) in [6.07, 6.45) is 4.83. The molecule has 2 aliphatic rings. The first kappa shape index (κ1) is 16.7. The van der Waals surface area contributed by atoms with Crippen LogP contribution in [0.2, 0.25) is 0 Å². The van der Waals surface area contributed by atoms with Crippen LogP contribution in [0.4, 0.5) is 4.39 Å². The van der Waals surface area contributed by atoms with Crippen LogP contribution >= 0.6 is 15.9 Å². The summed E-state index contributed by atoms with van der Waals surface area (Å²) in [5, 5.41) is 8.49. The number of nitrogens with zero attached hydrogens (tertiary/aromatic N) is 5. The van der Waals surface area contributed by atoms with E-state index in [9.17, 15) is 4.39 Å². The highest BCUT2D eigenvalue weighted by Crippen LogP contribution is 2.38. The number of hydrogen-bond donors (Lipinski definition) is 0. The molecule has 0 spiro atoms. The smallest absolute Gasteiger partial charge is 0.137 e. The molecule has 0 bridgehead atoms. The first-order chi connectivity index (χ1) is 12.0. The topological polar surface area (TPSA) is 37.2 Å². The lowest BCUT2D eigenvalue weighted by molar-refractivity contribution is 0.200. The van der Waals surface area contributed by atoms with Gasteiger partial charge in [-0.15, -0.1) is 5.10 Å². The minimum Gasteiger partial charge on any atom is -0.354 e. The van der Waals surface area contributed by atoms with Gasteiger partial charge in [-0.3, -0.25) is 0 Å². The molecule has 0 saturated carbocycles. The Hall–Kier alpha value is -1.73. The van der Waals surface area contributed by atoms with Gasteiger partial charge in [0.1, 0.15) is 11.6 Å². The van der Waals surface area contributed by atoms with E-state index in [2.05, 4.69) is 56.1 Å². The van der Waals surface area contributed by atoms with Crippen molar-refractivity contribution in [2.24, 2.45) is 0 Å². The van der Waals surface area contributed by atoms with Crippen LogP contribution in [0.25, 0.3) is 17.1 Å². The van der Waals surface area contributed by atoms with Gasteiger partial charge in [-0.2, -0.15) is 4.68 Å². The fraction of sp³-hybridized carbons (Fsp3) is 0.444. The zero-order chi connectivity index (χ0) is 17.6. The summed E-state index contributed by atoms with van der Waals surface area (Å²) in [6, 6.07) is 3.49. The number of allylic oxidation sites excluding steroid dienone is 1. The molecule has 0 amide bonds. The Balaban J connectivity index is 1.82. The highest BCUT2D eigenvalue weighted by molar-refractivity contribution is 9.10. The maximum absolute atomic E-state index is 14.1. The van der Waals surface area contributed by atoms with Gasteiger partial charge in [0, 0.05) is 31.7 Å². The quantitative estimate of drug-likeness (QED) is 0.728. The third-order valence-corrected chi connectivity index (χ3v) is 5.75. The minimum absolute atomic E-state index is 0.226. The van der Waals surface area contributed by atoms with Gasteiger partial charge in [-0.1, -0.05) is 12.1 Å². The molecule has 2 aromatic rings. The first-order valence-electron chi connectivity index (χ1n) is 8.58. The molecule has 1 atom stereocenters. The van der Waals surface area contributed by atoms with E-state index in [1.807, 2.05) is 10.7 Å². The molecular weight excluding hydrogens is 385 g/mol. The van der Waals surface area contributed by atoms with Crippen LogP contribution in [0, 0.1) is 5.82 Å². The monoisotopic (exact) mass is 405 g/mol. The normalized spacial score (nSPS) is 21.2. The summed E-state index contributed by atoms with van der Waals surface area (Å²) >= 11 is 3.32. The van der Waals surface area contributed by atoms with Crippen molar-refractivity contribution in [1.29, 1.82) is 0 Å². The van der Waals surface area contributed by atoms with Crippen molar-refractivity contribution < 1.29 is 4.39 Å². The molecular formula is C18H21BrFN5. The summed E-state index contributed by atoms with van der Waals surface area (Å²) in [5.74, 6) is 1.08. The largest absolute Gasteiger partial charge is 0.354 e. The van der Waals surface area contributed by atoms with Gasteiger partial charge in [0.05, 0.1) is 16.4 Å². The highest BCUT2D eigenvalue weighted by atomic mass is 79.9. The second-order valence-corrected chi connectivity index (χ2v) is 7.73. The molecule has 132 valence electrons. The number of hydrogen-bond acceptors (Lipinski definition) is 4. The molecule has 5 nitrogen and oxygen atoms in total. The van der Waals surface area contributed by atoms with Gasteiger partial charge >= 0.3 is 0 Å². The van der Waals surface area contributed by atoms with Gasteiger partial charge < -0.3 is 9.80 Å². The molecule has 0 N–H and O–H groups in total. The Morgan fingerprint density at radius 1 is 1.20 bits per heavy atom. The first-order valence-corrected chi connectivity index (χ1v) is 9.38. The molecule has 1 saturated heterocycles. The summed E-state index contributed by atoms with van der Waals surface area (Å²) in [7, 11) is 2.15. The number of piperazine rings is 1. The maximum atomic E-state index is 14.1. The van der Waals surface area contributed by atoms with E-state index in [-0.39, 0.29) is 11.7 Å². The van der Waals surface area contributed by atoms with Crippen molar-refractivity contribution in [3.63, 3.8) is 0 Å². The number of halogens is 2. The van der Waals surface area contributed by atoms with Gasteiger partial charge in [0.25, 0.3) is 0 Å². The van der Waals surface area contributed by atoms with Gasteiger partial charge in [0.2, 0.25) is 0 Å². The van der Waals surface area contributed by atoms with Crippen LogP contribution in [0.15, 0.2) is 28.9 Å². The average molecular weight is 406 g/mol. The molecule has 25 heavy (non-hydrogen) atoms. The average Bonchev–Trinajstić information content (AvgIpc) is 3.06. The van der Waals surface area contributed by atoms with Gasteiger partial charge in [-0.25, -0.2) is 4.39 Å². The molecule has 3 heterocycles. The van der Waals surface area contributed by atoms with Crippen molar-refractivity contribution in [3.8, 4) is 11.3 Å². The van der Waals surface area contributed by atoms with E-state index in [0.717, 1.165) is 55.2 Å². The number of rotatable bonds is 1. The molecule has 0 aliphatic carbocycles.